The number of hydrogen-bond donors (Lipinski definition) is 1. The van der Waals surface area contributed by atoms with Gasteiger partial charge < -0.3 is 5.32 Å². The Hall–Kier alpha value is -0.890. The second-order valence-electron chi connectivity index (χ2n) is 6.94. The molecule has 0 atom stereocenters. The Balaban J connectivity index is 1.26. The minimum absolute atomic E-state index is 0.0976. The summed E-state index contributed by atoms with van der Waals surface area (Å²) in [5, 5.41) is 3.76. The molecule has 1 aromatic rings. The van der Waals surface area contributed by atoms with Gasteiger partial charge in [0.2, 0.25) is 0 Å². The molecule has 0 saturated heterocycles. The van der Waals surface area contributed by atoms with Crippen LogP contribution in [0.15, 0.2) is 24.3 Å². The van der Waals surface area contributed by atoms with Gasteiger partial charge in [0.25, 0.3) is 0 Å². The normalized spacial score (nSPS) is 31.8. The van der Waals surface area contributed by atoms with E-state index in [4.69, 9.17) is 0 Å². The van der Waals surface area contributed by atoms with Crippen molar-refractivity contribution in [3.8, 4) is 0 Å². The molecule has 1 nitrogen and oxygen atoms in total. The molecule has 0 radical (unpaired) electrons. The lowest BCUT2D eigenvalue weighted by Gasteiger charge is -2.37. The van der Waals surface area contributed by atoms with Gasteiger partial charge in [-0.25, -0.2) is 4.39 Å². The standard InChI is InChI=1S/C17H22FN/c18-15-3-1-2-12(8-15)13-9-16(10-13)19-11-17(6-7-17)14-4-5-14/h1-3,8,13-14,16,19H,4-7,9-11H2. The SMILES string of the molecule is Fc1cccc(C2CC(NCC3(C4CC4)CC3)C2)c1. The van der Waals surface area contributed by atoms with Crippen LogP contribution in [0.5, 0.6) is 0 Å². The summed E-state index contributed by atoms with van der Waals surface area (Å²) in [5.74, 6) is 1.52. The van der Waals surface area contributed by atoms with Crippen molar-refractivity contribution in [1.29, 1.82) is 0 Å². The van der Waals surface area contributed by atoms with E-state index in [1.165, 1.54) is 56.7 Å². The first-order valence-electron chi connectivity index (χ1n) is 7.74. The first-order valence-corrected chi connectivity index (χ1v) is 7.74. The van der Waals surface area contributed by atoms with Crippen LogP contribution >= 0.6 is 0 Å². The molecule has 3 saturated carbocycles. The summed E-state index contributed by atoms with van der Waals surface area (Å²) >= 11 is 0. The van der Waals surface area contributed by atoms with Crippen LogP contribution in [0.1, 0.15) is 50.0 Å². The van der Waals surface area contributed by atoms with E-state index < -0.39 is 0 Å². The smallest absolute Gasteiger partial charge is 0.123 e. The van der Waals surface area contributed by atoms with Gasteiger partial charge in [-0.3, -0.25) is 0 Å². The van der Waals surface area contributed by atoms with Crippen LogP contribution in [-0.2, 0) is 0 Å². The van der Waals surface area contributed by atoms with Crippen molar-refractivity contribution >= 4 is 0 Å². The summed E-state index contributed by atoms with van der Waals surface area (Å²) in [4.78, 5) is 0. The molecule has 1 N–H and O–H groups in total. The summed E-state index contributed by atoms with van der Waals surface area (Å²) < 4.78 is 13.2. The zero-order chi connectivity index (χ0) is 12.9. The predicted octanol–water partition coefficient (Wildman–Crippen LogP) is 3.85. The molecular formula is C17H22FN. The molecule has 3 fully saturated rings. The van der Waals surface area contributed by atoms with Gasteiger partial charge in [-0.1, -0.05) is 12.1 Å². The van der Waals surface area contributed by atoms with Crippen molar-refractivity contribution < 1.29 is 4.39 Å². The Bertz CT molecular complexity index is 470. The molecule has 0 spiro atoms. The Morgan fingerprint density at radius 3 is 2.63 bits per heavy atom. The zero-order valence-corrected chi connectivity index (χ0v) is 11.4. The maximum atomic E-state index is 13.2. The fraction of sp³-hybridized carbons (Fsp3) is 0.647. The average Bonchev–Trinajstić information content (AvgIpc) is 3.21. The second-order valence-corrected chi connectivity index (χ2v) is 6.94. The molecule has 0 aromatic heterocycles. The van der Waals surface area contributed by atoms with Crippen molar-refractivity contribution in [2.45, 2.75) is 50.5 Å². The molecule has 1 aromatic carbocycles. The van der Waals surface area contributed by atoms with Crippen LogP contribution in [0.25, 0.3) is 0 Å². The second kappa shape index (κ2) is 4.31. The number of benzene rings is 1. The molecule has 0 heterocycles. The van der Waals surface area contributed by atoms with Gasteiger partial charge in [0.1, 0.15) is 5.82 Å². The minimum Gasteiger partial charge on any atom is -0.313 e. The molecule has 102 valence electrons. The summed E-state index contributed by atoms with van der Waals surface area (Å²) in [5.41, 5.74) is 1.88. The maximum absolute atomic E-state index is 13.2. The number of hydrogen-bond acceptors (Lipinski definition) is 1. The first-order chi connectivity index (χ1) is 9.25. The van der Waals surface area contributed by atoms with Crippen LogP contribution in [0.4, 0.5) is 4.39 Å². The van der Waals surface area contributed by atoms with Crippen LogP contribution in [0, 0.1) is 17.2 Å². The van der Waals surface area contributed by atoms with Gasteiger partial charge in [0.05, 0.1) is 0 Å². The molecule has 19 heavy (non-hydrogen) atoms. The third-order valence-electron chi connectivity index (χ3n) is 5.54. The average molecular weight is 259 g/mol. The van der Waals surface area contributed by atoms with E-state index in [0.29, 0.717) is 17.4 Å². The Morgan fingerprint density at radius 1 is 1.21 bits per heavy atom. The summed E-state index contributed by atoms with van der Waals surface area (Å²) in [6.45, 7) is 1.23. The highest BCUT2D eigenvalue weighted by Gasteiger charge is 2.53. The van der Waals surface area contributed by atoms with E-state index in [9.17, 15) is 4.39 Å². The van der Waals surface area contributed by atoms with Crippen LogP contribution in [-0.4, -0.2) is 12.6 Å². The molecule has 0 aliphatic heterocycles. The predicted molar refractivity (Wildman–Crippen MR) is 74.6 cm³/mol. The number of nitrogens with one attached hydrogen (secondary N) is 1. The Labute approximate surface area is 114 Å². The number of rotatable bonds is 5. The highest BCUT2D eigenvalue weighted by molar-refractivity contribution is 5.24. The first kappa shape index (κ1) is 11.9. The lowest BCUT2D eigenvalue weighted by atomic mass is 9.75. The van der Waals surface area contributed by atoms with Gasteiger partial charge in [0, 0.05) is 12.6 Å². The molecule has 4 rings (SSSR count). The summed E-state index contributed by atoms with van der Waals surface area (Å²) in [6, 6.07) is 7.80. The molecule has 2 heteroatoms. The van der Waals surface area contributed by atoms with E-state index in [1.807, 2.05) is 6.07 Å². The van der Waals surface area contributed by atoms with Gasteiger partial charge in [-0.05, 0) is 73.5 Å². The van der Waals surface area contributed by atoms with Gasteiger partial charge >= 0.3 is 0 Å². The fourth-order valence-electron chi connectivity index (χ4n) is 3.75. The van der Waals surface area contributed by atoms with Gasteiger partial charge in [-0.2, -0.15) is 0 Å². The largest absolute Gasteiger partial charge is 0.313 e. The van der Waals surface area contributed by atoms with Crippen molar-refractivity contribution in [2.75, 3.05) is 6.54 Å². The van der Waals surface area contributed by atoms with Gasteiger partial charge in [-0.15, -0.1) is 0 Å². The van der Waals surface area contributed by atoms with Crippen LogP contribution < -0.4 is 5.32 Å². The highest BCUT2D eigenvalue weighted by atomic mass is 19.1. The van der Waals surface area contributed by atoms with Crippen molar-refractivity contribution in [3.63, 3.8) is 0 Å². The molecular weight excluding hydrogens is 237 g/mol. The molecule has 0 amide bonds. The third kappa shape index (κ3) is 2.31. The molecule has 0 unspecified atom stereocenters. The van der Waals surface area contributed by atoms with E-state index in [1.54, 1.807) is 6.07 Å². The quantitative estimate of drug-likeness (QED) is 0.847. The molecule has 3 aliphatic rings. The fourth-order valence-corrected chi connectivity index (χ4v) is 3.75. The van der Waals surface area contributed by atoms with E-state index >= 15 is 0 Å². The van der Waals surface area contributed by atoms with Crippen molar-refractivity contribution in [1.82, 2.24) is 5.32 Å². The Kier molecular flexibility index (Phi) is 2.70. The maximum Gasteiger partial charge on any atom is 0.123 e. The molecule has 3 aliphatic carbocycles. The monoisotopic (exact) mass is 259 g/mol. The van der Waals surface area contributed by atoms with Crippen LogP contribution in [0.2, 0.25) is 0 Å². The minimum atomic E-state index is -0.0976. The highest BCUT2D eigenvalue weighted by Crippen LogP contribution is 2.61. The summed E-state index contributed by atoms with van der Waals surface area (Å²) in [6.07, 6.45) is 8.21. The van der Waals surface area contributed by atoms with Crippen LogP contribution in [0.3, 0.4) is 0 Å². The molecule has 0 bridgehead atoms. The van der Waals surface area contributed by atoms with E-state index in [0.717, 1.165) is 5.92 Å². The van der Waals surface area contributed by atoms with Crippen molar-refractivity contribution in [2.24, 2.45) is 11.3 Å². The van der Waals surface area contributed by atoms with E-state index in [2.05, 4.69) is 11.4 Å². The van der Waals surface area contributed by atoms with Crippen molar-refractivity contribution in [3.05, 3.63) is 35.6 Å². The lowest BCUT2D eigenvalue weighted by Crippen LogP contribution is -2.43. The number of halogens is 1. The van der Waals surface area contributed by atoms with E-state index in [-0.39, 0.29) is 5.82 Å². The zero-order valence-electron chi connectivity index (χ0n) is 11.4. The third-order valence-corrected chi connectivity index (χ3v) is 5.54. The van der Waals surface area contributed by atoms with Gasteiger partial charge in [0.15, 0.2) is 0 Å². The Morgan fingerprint density at radius 2 is 2.00 bits per heavy atom. The topological polar surface area (TPSA) is 12.0 Å². The summed E-state index contributed by atoms with van der Waals surface area (Å²) in [7, 11) is 0. The lowest BCUT2D eigenvalue weighted by molar-refractivity contribution is 0.261.